The number of hydrogen-bond acceptors (Lipinski definition) is 4. The van der Waals surface area contributed by atoms with Crippen LogP contribution in [0.3, 0.4) is 0 Å². The average molecular weight is 232 g/mol. The minimum absolute atomic E-state index is 0.635. The second-order valence-corrected chi connectivity index (χ2v) is 5.17. The van der Waals surface area contributed by atoms with Crippen LogP contribution in [0.1, 0.15) is 30.5 Å². The van der Waals surface area contributed by atoms with Crippen LogP contribution in [-0.4, -0.2) is 29.6 Å². The monoisotopic (exact) mass is 232 g/mol. The first kappa shape index (κ1) is 11.0. The summed E-state index contributed by atoms with van der Waals surface area (Å²) in [7, 11) is 0. The summed E-state index contributed by atoms with van der Waals surface area (Å²) in [5.41, 5.74) is 8.46. The van der Waals surface area contributed by atoms with E-state index in [1.165, 1.54) is 36.3 Å². The summed E-state index contributed by atoms with van der Waals surface area (Å²) in [6.45, 7) is 2.99. The largest absolute Gasteiger partial charge is 0.356 e. The molecule has 3 rings (SSSR count). The molecule has 0 radical (unpaired) electrons. The fourth-order valence-corrected chi connectivity index (χ4v) is 3.06. The van der Waals surface area contributed by atoms with Crippen LogP contribution in [0.2, 0.25) is 0 Å². The van der Waals surface area contributed by atoms with Gasteiger partial charge in [-0.05, 0) is 44.6 Å². The molecule has 1 aromatic heterocycles. The highest BCUT2D eigenvalue weighted by Crippen LogP contribution is 2.30. The van der Waals surface area contributed by atoms with Crippen LogP contribution in [0.5, 0.6) is 0 Å². The lowest BCUT2D eigenvalue weighted by molar-refractivity contribution is 0.421. The van der Waals surface area contributed by atoms with Gasteiger partial charge in [0.1, 0.15) is 12.1 Å². The van der Waals surface area contributed by atoms with Gasteiger partial charge in [0, 0.05) is 24.3 Å². The Hall–Kier alpha value is -1.16. The molecule has 1 saturated heterocycles. The van der Waals surface area contributed by atoms with E-state index < -0.39 is 0 Å². The number of aryl methyl sites for hydroxylation is 1. The van der Waals surface area contributed by atoms with Crippen LogP contribution in [0.4, 0.5) is 5.82 Å². The van der Waals surface area contributed by atoms with Crippen LogP contribution in [0.25, 0.3) is 0 Å². The number of nitrogens with two attached hydrogens (primary N) is 1. The SMILES string of the molecule is NCC1CCCN(c2ncnc3c2CCC3)C1. The fourth-order valence-electron chi connectivity index (χ4n) is 3.06. The number of nitrogens with zero attached hydrogens (tertiary/aromatic N) is 3. The molecule has 1 aromatic rings. The highest BCUT2D eigenvalue weighted by atomic mass is 15.2. The predicted octanol–water partition coefficient (Wildman–Crippen LogP) is 1.14. The molecule has 0 amide bonds. The van der Waals surface area contributed by atoms with E-state index in [2.05, 4.69) is 14.9 Å². The summed E-state index contributed by atoms with van der Waals surface area (Å²) in [6, 6.07) is 0. The van der Waals surface area contributed by atoms with E-state index >= 15 is 0 Å². The van der Waals surface area contributed by atoms with E-state index in [-0.39, 0.29) is 0 Å². The van der Waals surface area contributed by atoms with Gasteiger partial charge >= 0.3 is 0 Å². The maximum absolute atomic E-state index is 5.80. The minimum Gasteiger partial charge on any atom is -0.356 e. The summed E-state index contributed by atoms with van der Waals surface area (Å²) in [5.74, 6) is 1.82. The Labute approximate surface area is 102 Å². The van der Waals surface area contributed by atoms with Gasteiger partial charge in [0.2, 0.25) is 0 Å². The molecule has 0 aromatic carbocycles. The van der Waals surface area contributed by atoms with Gasteiger partial charge in [-0.3, -0.25) is 0 Å². The Bertz CT molecular complexity index is 404. The quantitative estimate of drug-likeness (QED) is 0.831. The highest BCUT2D eigenvalue weighted by Gasteiger charge is 2.25. The van der Waals surface area contributed by atoms with Crippen LogP contribution >= 0.6 is 0 Å². The Kier molecular flexibility index (Phi) is 2.97. The van der Waals surface area contributed by atoms with Crippen molar-refractivity contribution in [3.8, 4) is 0 Å². The standard InChI is InChI=1S/C13H20N4/c14-7-10-3-2-6-17(8-10)13-11-4-1-5-12(11)15-9-16-13/h9-10H,1-8,14H2. The molecular formula is C13H20N4. The molecule has 1 aliphatic heterocycles. The van der Waals surface area contributed by atoms with Gasteiger partial charge in [-0.25, -0.2) is 9.97 Å². The predicted molar refractivity (Wildman–Crippen MR) is 68.0 cm³/mol. The van der Waals surface area contributed by atoms with Crippen molar-refractivity contribution in [2.24, 2.45) is 11.7 Å². The van der Waals surface area contributed by atoms with Crippen molar-refractivity contribution < 1.29 is 0 Å². The zero-order valence-electron chi connectivity index (χ0n) is 10.2. The van der Waals surface area contributed by atoms with Crippen molar-refractivity contribution >= 4 is 5.82 Å². The molecule has 1 fully saturated rings. The lowest BCUT2D eigenvalue weighted by Crippen LogP contribution is -2.39. The Morgan fingerprint density at radius 1 is 1.29 bits per heavy atom. The molecule has 1 atom stereocenters. The third-order valence-corrected chi connectivity index (χ3v) is 4.00. The zero-order chi connectivity index (χ0) is 11.7. The smallest absolute Gasteiger partial charge is 0.135 e. The number of rotatable bonds is 2. The van der Waals surface area contributed by atoms with Crippen LogP contribution < -0.4 is 10.6 Å². The van der Waals surface area contributed by atoms with E-state index in [0.29, 0.717) is 5.92 Å². The van der Waals surface area contributed by atoms with E-state index in [1.54, 1.807) is 6.33 Å². The van der Waals surface area contributed by atoms with Crippen molar-refractivity contribution in [2.75, 3.05) is 24.5 Å². The minimum atomic E-state index is 0.635. The first-order chi connectivity index (χ1) is 8.38. The second-order valence-electron chi connectivity index (χ2n) is 5.17. The molecule has 2 aliphatic rings. The number of aromatic nitrogens is 2. The molecule has 2 heterocycles. The Morgan fingerprint density at radius 2 is 2.24 bits per heavy atom. The van der Waals surface area contributed by atoms with Crippen LogP contribution in [0.15, 0.2) is 6.33 Å². The molecule has 92 valence electrons. The Balaban J connectivity index is 1.86. The molecular weight excluding hydrogens is 212 g/mol. The lowest BCUT2D eigenvalue weighted by Gasteiger charge is -2.34. The van der Waals surface area contributed by atoms with Gasteiger partial charge in [-0.2, -0.15) is 0 Å². The van der Waals surface area contributed by atoms with Crippen molar-refractivity contribution in [3.05, 3.63) is 17.6 Å². The van der Waals surface area contributed by atoms with E-state index in [9.17, 15) is 0 Å². The fraction of sp³-hybridized carbons (Fsp3) is 0.692. The van der Waals surface area contributed by atoms with Gasteiger partial charge < -0.3 is 10.6 Å². The summed E-state index contributed by atoms with van der Waals surface area (Å²) in [6.07, 6.45) is 7.73. The maximum Gasteiger partial charge on any atom is 0.135 e. The molecule has 1 unspecified atom stereocenters. The second kappa shape index (κ2) is 4.61. The average Bonchev–Trinajstić information content (AvgIpc) is 2.87. The van der Waals surface area contributed by atoms with Crippen LogP contribution in [-0.2, 0) is 12.8 Å². The van der Waals surface area contributed by atoms with Gasteiger partial charge in [0.05, 0.1) is 0 Å². The number of piperidine rings is 1. The molecule has 0 bridgehead atoms. The van der Waals surface area contributed by atoms with Crippen LogP contribution in [0, 0.1) is 5.92 Å². The van der Waals surface area contributed by atoms with Crippen molar-refractivity contribution in [1.29, 1.82) is 0 Å². The van der Waals surface area contributed by atoms with Crippen molar-refractivity contribution in [2.45, 2.75) is 32.1 Å². The third-order valence-electron chi connectivity index (χ3n) is 4.00. The van der Waals surface area contributed by atoms with E-state index in [4.69, 9.17) is 5.73 Å². The van der Waals surface area contributed by atoms with Gasteiger partial charge in [-0.15, -0.1) is 0 Å². The summed E-state index contributed by atoms with van der Waals surface area (Å²) < 4.78 is 0. The van der Waals surface area contributed by atoms with Crippen molar-refractivity contribution in [3.63, 3.8) is 0 Å². The number of anilines is 1. The molecule has 0 spiro atoms. The third kappa shape index (κ3) is 2.02. The van der Waals surface area contributed by atoms with E-state index in [1.807, 2.05) is 0 Å². The topological polar surface area (TPSA) is 55.0 Å². The zero-order valence-corrected chi connectivity index (χ0v) is 10.2. The normalized spacial score (nSPS) is 23.8. The first-order valence-electron chi connectivity index (χ1n) is 6.66. The van der Waals surface area contributed by atoms with Gasteiger partial charge in [0.15, 0.2) is 0 Å². The first-order valence-corrected chi connectivity index (χ1v) is 6.66. The van der Waals surface area contributed by atoms with Gasteiger partial charge in [0.25, 0.3) is 0 Å². The molecule has 17 heavy (non-hydrogen) atoms. The number of hydrogen-bond donors (Lipinski definition) is 1. The summed E-state index contributed by atoms with van der Waals surface area (Å²) in [4.78, 5) is 11.3. The van der Waals surface area contributed by atoms with E-state index in [0.717, 1.165) is 32.5 Å². The molecule has 4 heteroatoms. The highest BCUT2D eigenvalue weighted by molar-refractivity contribution is 5.50. The summed E-state index contributed by atoms with van der Waals surface area (Å²) in [5, 5.41) is 0. The number of fused-ring (bicyclic) bond motifs is 1. The molecule has 2 N–H and O–H groups in total. The molecule has 0 saturated carbocycles. The van der Waals surface area contributed by atoms with Crippen molar-refractivity contribution in [1.82, 2.24) is 9.97 Å². The maximum atomic E-state index is 5.80. The summed E-state index contributed by atoms with van der Waals surface area (Å²) >= 11 is 0. The molecule has 1 aliphatic carbocycles. The van der Waals surface area contributed by atoms with Gasteiger partial charge in [-0.1, -0.05) is 0 Å². The lowest BCUT2D eigenvalue weighted by atomic mass is 9.98. The Morgan fingerprint density at radius 3 is 3.12 bits per heavy atom. The molecule has 4 nitrogen and oxygen atoms in total.